The van der Waals surface area contributed by atoms with Gasteiger partial charge in [0.15, 0.2) is 5.96 Å². The first-order chi connectivity index (χ1) is 11.5. The van der Waals surface area contributed by atoms with Crippen LogP contribution in [0.15, 0.2) is 4.99 Å². The summed E-state index contributed by atoms with van der Waals surface area (Å²) in [7, 11) is 3.94. The van der Waals surface area contributed by atoms with E-state index in [0.717, 1.165) is 51.4 Å². The molecule has 148 valence electrons. The summed E-state index contributed by atoms with van der Waals surface area (Å²) in [5.74, 6) is 0.835. The second-order valence-electron chi connectivity index (χ2n) is 6.34. The first kappa shape index (κ1) is 24.2. The Morgan fingerprint density at radius 3 is 2.52 bits per heavy atom. The Morgan fingerprint density at radius 1 is 1.36 bits per heavy atom. The van der Waals surface area contributed by atoms with Crippen molar-refractivity contribution in [2.45, 2.75) is 52.1 Å². The number of aliphatic imine (C=N–C) groups is 1. The molecule has 1 unspecified atom stereocenters. The monoisotopic (exact) mass is 469 g/mol. The second-order valence-corrected chi connectivity index (χ2v) is 6.34. The molecule has 1 atom stereocenters. The van der Waals surface area contributed by atoms with Crippen LogP contribution < -0.4 is 10.6 Å². The van der Waals surface area contributed by atoms with Crippen LogP contribution >= 0.6 is 24.0 Å². The molecule has 25 heavy (non-hydrogen) atoms. The number of nitrogens with one attached hydrogen (secondary N) is 2. The number of hydrogen-bond donors (Lipinski definition) is 2. The summed E-state index contributed by atoms with van der Waals surface area (Å²) in [6, 6.07) is 0.933. The fourth-order valence-corrected chi connectivity index (χ4v) is 2.69. The molecular formula is C17H36IN5O2. The zero-order chi connectivity index (χ0) is 17.9. The van der Waals surface area contributed by atoms with Gasteiger partial charge in [-0.05, 0) is 40.2 Å². The molecule has 1 amide bonds. The Balaban J connectivity index is 0.00000576. The van der Waals surface area contributed by atoms with E-state index in [9.17, 15) is 4.79 Å². The van der Waals surface area contributed by atoms with Crippen LogP contribution in [0.3, 0.4) is 0 Å². The average molecular weight is 469 g/mol. The van der Waals surface area contributed by atoms with Crippen molar-refractivity contribution in [1.29, 1.82) is 0 Å². The molecule has 1 aliphatic heterocycles. The molecule has 0 saturated carbocycles. The quantitative estimate of drug-likeness (QED) is 0.340. The Bertz CT molecular complexity index is 400. The number of guanidine groups is 1. The fraction of sp³-hybridized carbons (Fsp3) is 0.882. The number of rotatable bonds is 7. The highest BCUT2D eigenvalue weighted by molar-refractivity contribution is 14.0. The van der Waals surface area contributed by atoms with E-state index in [0.29, 0.717) is 18.7 Å². The van der Waals surface area contributed by atoms with E-state index in [1.54, 1.807) is 11.9 Å². The molecule has 1 heterocycles. The number of amides is 1. The van der Waals surface area contributed by atoms with Crippen LogP contribution in [-0.2, 0) is 4.74 Å². The number of likely N-dealkylation sites (N-methyl/N-ethyl adjacent to an activating group) is 1. The van der Waals surface area contributed by atoms with E-state index in [1.807, 2.05) is 6.92 Å². The SMILES string of the molecule is CCOC(=O)N1CCC(NC(=NC)NCCN(C)C(C)CC)CC1.I. The lowest BCUT2D eigenvalue weighted by molar-refractivity contribution is 0.0963. The minimum Gasteiger partial charge on any atom is -0.450 e. The number of nitrogens with zero attached hydrogens (tertiary/aromatic N) is 3. The van der Waals surface area contributed by atoms with Crippen LogP contribution in [-0.4, -0.2) is 80.8 Å². The highest BCUT2D eigenvalue weighted by Gasteiger charge is 2.24. The first-order valence-electron chi connectivity index (χ1n) is 9.10. The van der Waals surface area contributed by atoms with Gasteiger partial charge in [0.1, 0.15) is 0 Å². The van der Waals surface area contributed by atoms with Gasteiger partial charge >= 0.3 is 6.09 Å². The first-order valence-corrected chi connectivity index (χ1v) is 9.10. The molecule has 0 aromatic heterocycles. The van der Waals surface area contributed by atoms with Crippen molar-refractivity contribution in [3.8, 4) is 0 Å². The van der Waals surface area contributed by atoms with Crippen LogP contribution in [0, 0.1) is 0 Å². The highest BCUT2D eigenvalue weighted by Crippen LogP contribution is 2.11. The van der Waals surface area contributed by atoms with Crippen LogP contribution in [0.25, 0.3) is 0 Å². The minimum absolute atomic E-state index is 0. The number of carbonyl (C=O) groups is 1. The van der Waals surface area contributed by atoms with E-state index in [1.165, 1.54) is 0 Å². The summed E-state index contributed by atoms with van der Waals surface area (Å²) in [5, 5.41) is 6.83. The lowest BCUT2D eigenvalue weighted by atomic mass is 10.1. The van der Waals surface area contributed by atoms with Gasteiger partial charge in [-0.15, -0.1) is 24.0 Å². The van der Waals surface area contributed by atoms with Crippen molar-refractivity contribution in [3.05, 3.63) is 0 Å². The number of piperidine rings is 1. The van der Waals surface area contributed by atoms with E-state index >= 15 is 0 Å². The Kier molecular flexibility index (Phi) is 13.0. The summed E-state index contributed by atoms with van der Waals surface area (Å²) in [4.78, 5) is 20.1. The van der Waals surface area contributed by atoms with E-state index < -0.39 is 0 Å². The van der Waals surface area contributed by atoms with Gasteiger partial charge in [-0.1, -0.05) is 6.92 Å². The maximum atomic E-state index is 11.7. The molecule has 0 bridgehead atoms. The molecule has 1 rings (SSSR count). The van der Waals surface area contributed by atoms with Gasteiger partial charge in [-0.2, -0.15) is 0 Å². The van der Waals surface area contributed by atoms with E-state index in [2.05, 4.69) is 41.4 Å². The molecule has 1 saturated heterocycles. The van der Waals surface area contributed by atoms with Crippen LogP contribution in [0.5, 0.6) is 0 Å². The summed E-state index contributed by atoms with van der Waals surface area (Å²) < 4.78 is 5.05. The lowest BCUT2D eigenvalue weighted by Crippen LogP contribution is -2.50. The maximum Gasteiger partial charge on any atom is 0.409 e. The third kappa shape index (κ3) is 8.94. The maximum absolute atomic E-state index is 11.7. The number of hydrogen-bond acceptors (Lipinski definition) is 4. The molecule has 0 spiro atoms. The number of likely N-dealkylation sites (tertiary alicyclic amines) is 1. The summed E-state index contributed by atoms with van der Waals surface area (Å²) in [5.41, 5.74) is 0. The molecule has 7 nitrogen and oxygen atoms in total. The predicted octanol–water partition coefficient (Wildman–Crippen LogP) is 2.12. The van der Waals surface area contributed by atoms with Gasteiger partial charge in [0.2, 0.25) is 0 Å². The van der Waals surface area contributed by atoms with Gasteiger partial charge in [0.25, 0.3) is 0 Å². The second kappa shape index (κ2) is 13.4. The molecule has 0 aromatic rings. The van der Waals surface area contributed by atoms with Gasteiger partial charge < -0.3 is 25.2 Å². The smallest absolute Gasteiger partial charge is 0.409 e. The summed E-state index contributed by atoms with van der Waals surface area (Å²) in [6.07, 6.45) is 2.77. The van der Waals surface area contributed by atoms with Crippen molar-refractivity contribution in [2.24, 2.45) is 4.99 Å². The number of ether oxygens (including phenoxy) is 1. The molecule has 8 heteroatoms. The topological polar surface area (TPSA) is 69.2 Å². The molecule has 0 radical (unpaired) electrons. The standard InChI is InChI=1S/C17H35N5O2.HI/c1-6-14(3)21(5)13-10-19-16(18-4)20-15-8-11-22(12-9-15)17(23)24-7-2;/h14-15H,6-13H2,1-5H3,(H2,18,19,20);1H. The van der Waals surface area contributed by atoms with Crippen LogP contribution in [0.2, 0.25) is 0 Å². The summed E-state index contributed by atoms with van der Waals surface area (Å²) >= 11 is 0. The highest BCUT2D eigenvalue weighted by atomic mass is 127. The number of carbonyl (C=O) groups excluding carboxylic acids is 1. The molecular weight excluding hydrogens is 433 g/mol. The molecule has 1 aliphatic rings. The molecule has 0 aliphatic carbocycles. The van der Waals surface area contributed by atoms with E-state index in [-0.39, 0.29) is 30.1 Å². The van der Waals surface area contributed by atoms with Crippen molar-refractivity contribution in [1.82, 2.24) is 20.4 Å². The Hall–Kier alpha value is -0.770. The third-order valence-electron chi connectivity index (χ3n) is 4.69. The van der Waals surface area contributed by atoms with Crippen molar-refractivity contribution >= 4 is 36.0 Å². The van der Waals surface area contributed by atoms with Gasteiger partial charge in [0, 0.05) is 45.3 Å². The van der Waals surface area contributed by atoms with Crippen LogP contribution in [0.4, 0.5) is 4.79 Å². The minimum atomic E-state index is -0.202. The lowest BCUT2D eigenvalue weighted by Gasteiger charge is -2.32. The Labute approximate surface area is 170 Å². The van der Waals surface area contributed by atoms with Crippen molar-refractivity contribution in [3.63, 3.8) is 0 Å². The number of halogens is 1. The fourth-order valence-electron chi connectivity index (χ4n) is 2.69. The third-order valence-corrected chi connectivity index (χ3v) is 4.69. The Morgan fingerprint density at radius 2 is 2.00 bits per heavy atom. The summed E-state index contributed by atoms with van der Waals surface area (Å²) in [6.45, 7) is 10.0. The molecule has 2 N–H and O–H groups in total. The molecule has 1 fully saturated rings. The normalized spacial score (nSPS) is 17.0. The van der Waals surface area contributed by atoms with E-state index in [4.69, 9.17) is 4.74 Å². The average Bonchev–Trinajstić information content (AvgIpc) is 2.60. The zero-order valence-corrected chi connectivity index (χ0v) is 18.7. The van der Waals surface area contributed by atoms with Crippen LogP contribution in [0.1, 0.15) is 40.0 Å². The predicted molar refractivity (Wildman–Crippen MR) is 114 cm³/mol. The molecule has 0 aromatic carbocycles. The zero-order valence-electron chi connectivity index (χ0n) is 16.4. The van der Waals surface area contributed by atoms with Gasteiger partial charge in [0.05, 0.1) is 6.61 Å². The largest absolute Gasteiger partial charge is 0.450 e. The van der Waals surface area contributed by atoms with Crippen molar-refractivity contribution < 1.29 is 9.53 Å². The van der Waals surface area contributed by atoms with Gasteiger partial charge in [-0.3, -0.25) is 4.99 Å². The van der Waals surface area contributed by atoms with Gasteiger partial charge in [-0.25, -0.2) is 4.79 Å². The van der Waals surface area contributed by atoms with Crippen molar-refractivity contribution in [2.75, 3.05) is 46.9 Å².